The van der Waals surface area contributed by atoms with Crippen LogP contribution in [0.5, 0.6) is 0 Å². The second-order valence-electron chi connectivity index (χ2n) is 4.05. The molecule has 15 heavy (non-hydrogen) atoms. The lowest BCUT2D eigenvalue weighted by Gasteiger charge is -2.31. The van der Waals surface area contributed by atoms with Gasteiger partial charge < -0.3 is 4.74 Å². The van der Waals surface area contributed by atoms with Gasteiger partial charge in [-0.25, -0.2) is 0 Å². The molecular formula is C9H10Cl2O4. The molecule has 84 valence electrons. The van der Waals surface area contributed by atoms with E-state index in [4.69, 9.17) is 27.9 Å². The van der Waals surface area contributed by atoms with E-state index in [0.29, 0.717) is 0 Å². The Bertz CT molecular complexity index is 341. The number of carbonyl (C=O) groups is 3. The summed E-state index contributed by atoms with van der Waals surface area (Å²) >= 11 is 10.7. The van der Waals surface area contributed by atoms with E-state index in [1.54, 1.807) is 0 Å². The van der Waals surface area contributed by atoms with Crippen molar-refractivity contribution in [1.29, 1.82) is 0 Å². The maximum absolute atomic E-state index is 11.5. The maximum atomic E-state index is 11.5. The fraction of sp³-hybridized carbons (Fsp3) is 0.667. The third-order valence-electron chi connectivity index (χ3n) is 3.09. The molecular weight excluding hydrogens is 243 g/mol. The zero-order valence-electron chi connectivity index (χ0n) is 8.30. The predicted octanol–water partition coefficient (Wildman–Crippen LogP) is 1.48. The minimum Gasteiger partial charge on any atom is -0.464 e. The predicted molar refractivity (Wildman–Crippen MR) is 53.5 cm³/mol. The molecule has 0 amide bonds. The van der Waals surface area contributed by atoms with Crippen LogP contribution in [0.15, 0.2) is 0 Å². The van der Waals surface area contributed by atoms with E-state index in [1.807, 2.05) is 0 Å². The summed E-state index contributed by atoms with van der Waals surface area (Å²) in [6.07, 6.45) is -0.262. The van der Waals surface area contributed by atoms with Gasteiger partial charge in [-0.2, -0.15) is 0 Å². The molecule has 1 aliphatic rings. The van der Waals surface area contributed by atoms with Crippen LogP contribution in [0, 0.1) is 10.8 Å². The number of hydrogen-bond donors (Lipinski definition) is 0. The highest BCUT2D eigenvalue weighted by Crippen LogP contribution is 2.49. The quantitative estimate of drug-likeness (QED) is 0.564. The Morgan fingerprint density at radius 3 is 2.33 bits per heavy atom. The fourth-order valence-electron chi connectivity index (χ4n) is 1.57. The summed E-state index contributed by atoms with van der Waals surface area (Å²) in [7, 11) is 0. The first kappa shape index (κ1) is 12.5. The first-order chi connectivity index (χ1) is 6.74. The minimum absolute atomic E-state index is 0.116. The number of carbonyl (C=O) groups excluding carboxylic acids is 3. The SMILES string of the molecule is C[C@@]1(C(=O)Cl)COC(=O)[C@]1(C)CC(=O)Cl. The van der Waals surface area contributed by atoms with Gasteiger partial charge in [-0.05, 0) is 37.0 Å². The van der Waals surface area contributed by atoms with Crippen molar-refractivity contribution in [3.8, 4) is 0 Å². The summed E-state index contributed by atoms with van der Waals surface area (Å²) in [6.45, 7) is 2.84. The van der Waals surface area contributed by atoms with E-state index in [0.717, 1.165) is 0 Å². The number of rotatable bonds is 3. The smallest absolute Gasteiger partial charge is 0.313 e. The van der Waals surface area contributed by atoms with Gasteiger partial charge in [0.15, 0.2) is 0 Å². The van der Waals surface area contributed by atoms with Gasteiger partial charge in [0.25, 0.3) is 0 Å². The Morgan fingerprint density at radius 2 is 1.93 bits per heavy atom. The lowest BCUT2D eigenvalue weighted by molar-refractivity contribution is -0.148. The van der Waals surface area contributed by atoms with Gasteiger partial charge in [0.1, 0.15) is 6.61 Å². The lowest BCUT2D eigenvalue weighted by atomic mass is 9.66. The molecule has 0 spiro atoms. The Morgan fingerprint density at radius 1 is 1.40 bits per heavy atom. The fourth-order valence-corrected chi connectivity index (χ4v) is 2.10. The first-order valence-electron chi connectivity index (χ1n) is 4.29. The number of ether oxygens (including phenoxy) is 1. The molecule has 0 bridgehead atoms. The van der Waals surface area contributed by atoms with Gasteiger partial charge in [0.05, 0.1) is 10.8 Å². The van der Waals surface area contributed by atoms with Crippen LogP contribution < -0.4 is 0 Å². The van der Waals surface area contributed by atoms with Crippen LogP contribution in [-0.2, 0) is 19.1 Å². The van der Waals surface area contributed by atoms with Crippen molar-refractivity contribution >= 4 is 39.7 Å². The van der Waals surface area contributed by atoms with Crippen molar-refractivity contribution in [2.24, 2.45) is 10.8 Å². The van der Waals surface area contributed by atoms with Gasteiger partial charge in [-0.3, -0.25) is 14.4 Å². The van der Waals surface area contributed by atoms with Gasteiger partial charge in [-0.1, -0.05) is 0 Å². The standard InChI is InChI=1S/C9H10Cl2O4/c1-8(3-5(10)12)7(14)15-4-9(8,2)6(11)13/h3-4H2,1-2H3/t8-,9-/m0/s1. The number of esters is 1. The molecule has 2 atom stereocenters. The molecule has 0 N–H and O–H groups in total. The zero-order valence-corrected chi connectivity index (χ0v) is 9.81. The van der Waals surface area contributed by atoms with Gasteiger partial charge >= 0.3 is 5.97 Å². The molecule has 0 unspecified atom stereocenters. The van der Waals surface area contributed by atoms with Crippen LogP contribution in [0.25, 0.3) is 0 Å². The highest BCUT2D eigenvalue weighted by molar-refractivity contribution is 6.65. The average molecular weight is 253 g/mol. The Balaban J connectivity index is 3.15. The van der Waals surface area contributed by atoms with E-state index in [9.17, 15) is 14.4 Å². The first-order valence-corrected chi connectivity index (χ1v) is 5.05. The zero-order chi connectivity index (χ0) is 11.9. The van der Waals surface area contributed by atoms with Gasteiger partial charge in [0.2, 0.25) is 10.5 Å². The van der Waals surface area contributed by atoms with Crippen molar-refractivity contribution in [1.82, 2.24) is 0 Å². The summed E-state index contributed by atoms with van der Waals surface area (Å²) in [6, 6.07) is 0. The molecule has 0 aliphatic carbocycles. The van der Waals surface area contributed by atoms with Crippen LogP contribution in [0.1, 0.15) is 20.3 Å². The minimum atomic E-state index is -1.27. The molecule has 0 aromatic heterocycles. The molecule has 0 aromatic carbocycles. The summed E-state index contributed by atoms with van der Waals surface area (Å²) in [5.74, 6) is -0.618. The van der Waals surface area contributed by atoms with E-state index >= 15 is 0 Å². The van der Waals surface area contributed by atoms with E-state index in [2.05, 4.69) is 0 Å². The Hall–Kier alpha value is -0.610. The largest absolute Gasteiger partial charge is 0.464 e. The van der Waals surface area contributed by atoms with Crippen LogP contribution in [0.2, 0.25) is 0 Å². The van der Waals surface area contributed by atoms with E-state index in [-0.39, 0.29) is 13.0 Å². The molecule has 1 fully saturated rings. The van der Waals surface area contributed by atoms with Gasteiger partial charge in [0, 0.05) is 6.42 Å². The molecule has 1 rings (SSSR count). The Kier molecular flexibility index (Phi) is 3.12. The molecule has 6 heteroatoms. The maximum Gasteiger partial charge on any atom is 0.313 e. The second kappa shape index (κ2) is 3.76. The van der Waals surface area contributed by atoms with Crippen LogP contribution in [-0.4, -0.2) is 23.1 Å². The number of cyclic esters (lactones) is 1. The average Bonchev–Trinajstić information content (AvgIpc) is 2.30. The number of halogens is 2. The molecule has 1 saturated heterocycles. The number of hydrogen-bond acceptors (Lipinski definition) is 4. The summed E-state index contributed by atoms with van der Waals surface area (Å²) < 4.78 is 4.79. The monoisotopic (exact) mass is 252 g/mol. The molecule has 1 heterocycles. The summed E-state index contributed by atoms with van der Waals surface area (Å²) in [4.78, 5) is 33.7. The highest BCUT2D eigenvalue weighted by atomic mass is 35.5. The molecule has 0 aromatic rings. The normalized spacial score (nSPS) is 35.1. The van der Waals surface area contributed by atoms with Crippen molar-refractivity contribution in [2.75, 3.05) is 6.61 Å². The molecule has 4 nitrogen and oxygen atoms in total. The van der Waals surface area contributed by atoms with E-state index in [1.165, 1.54) is 13.8 Å². The van der Waals surface area contributed by atoms with E-state index < -0.39 is 27.3 Å². The third-order valence-corrected chi connectivity index (χ3v) is 3.64. The van der Waals surface area contributed by atoms with Crippen molar-refractivity contribution < 1.29 is 19.1 Å². The van der Waals surface area contributed by atoms with Crippen LogP contribution in [0.3, 0.4) is 0 Å². The van der Waals surface area contributed by atoms with Crippen molar-refractivity contribution in [3.05, 3.63) is 0 Å². The van der Waals surface area contributed by atoms with Crippen LogP contribution >= 0.6 is 23.2 Å². The molecule has 1 aliphatic heterocycles. The highest BCUT2D eigenvalue weighted by Gasteiger charge is 2.61. The lowest BCUT2D eigenvalue weighted by Crippen LogP contribution is -2.43. The second-order valence-corrected chi connectivity index (χ2v) is 4.81. The third kappa shape index (κ3) is 1.76. The topological polar surface area (TPSA) is 60.4 Å². The van der Waals surface area contributed by atoms with Crippen LogP contribution in [0.4, 0.5) is 0 Å². The Labute approximate surface area is 96.9 Å². The molecule has 0 saturated carbocycles. The summed E-state index contributed by atoms with van der Waals surface area (Å²) in [5.41, 5.74) is -2.47. The van der Waals surface area contributed by atoms with Crippen molar-refractivity contribution in [2.45, 2.75) is 20.3 Å². The summed E-state index contributed by atoms with van der Waals surface area (Å²) in [5, 5.41) is -1.39. The van der Waals surface area contributed by atoms with Gasteiger partial charge in [-0.15, -0.1) is 0 Å². The van der Waals surface area contributed by atoms with Crippen molar-refractivity contribution in [3.63, 3.8) is 0 Å². The molecule has 0 radical (unpaired) electrons.